The molecule has 2 aromatic heterocycles. The molecular formula is C21H22N2O3. The van der Waals surface area contributed by atoms with Crippen molar-refractivity contribution in [2.75, 3.05) is 13.1 Å². The lowest BCUT2D eigenvalue weighted by atomic mass is 10.1. The van der Waals surface area contributed by atoms with E-state index >= 15 is 0 Å². The van der Waals surface area contributed by atoms with Crippen molar-refractivity contribution >= 4 is 16.9 Å². The predicted molar refractivity (Wildman–Crippen MR) is 98.9 cm³/mol. The van der Waals surface area contributed by atoms with Crippen molar-refractivity contribution in [2.45, 2.75) is 32.5 Å². The second-order valence-electron chi connectivity index (χ2n) is 6.80. The van der Waals surface area contributed by atoms with Crippen LogP contribution in [0, 0.1) is 6.92 Å². The Kier molecular flexibility index (Phi) is 4.71. The molecule has 134 valence electrons. The summed E-state index contributed by atoms with van der Waals surface area (Å²) in [5, 5.41) is 0.967. The molecule has 1 aromatic carbocycles. The Morgan fingerprint density at radius 1 is 1.35 bits per heavy atom. The number of nitrogens with zero attached hydrogens (tertiary/aromatic N) is 2. The molecule has 1 saturated heterocycles. The molecule has 1 amide bonds. The van der Waals surface area contributed by atoms with Gasteiger partial charge in [0.05, 0.1) is 12.7 Å². The number of furan rings is 1. The average Bonchev–Trinajstić information content (AvgIpc) is 3.06. The minimum Gasteiger partial charge on any atom is -0.461 e. The van der Waals surface area contributed by atoms with Crippen molar-refractivity contribution in [3.05, 3.63) is 65.7 Å². The summed E-state index contributed by atoms with van der Waals surface area (Å²) in [6.07, 6.45) is 5.56. The SMILES string of the molecule is Cc1cc2cc(C(=O)N3CCC[C@H](OCc4cccnc4)C3)ccc2o1. The number of ether oxygens (including phenoxy) is 1. The van der Waals surface area contributed by atoms with E-state index in [9.17, 15) is 4.79 Å². The van der Waals surface area contributed by atoms with Crippen molar-refractivity contribution < 1.29 is 13.9 Å². The van der Waals surface area contributed by atoms with Gasteiger partial charge in [-0.3, -0.25) is 9.78 Å². The Bertz CT molecular complexity index is 904. The normalized spacial score (nSPS) is 17.6. The topological polar surface area (TPSA) is 55.6 Å². The van der Waals surface area contributed by atoms with Crippen LogP contribution in [0.3, 0.4) is 0 Å². The second kappa shape index (κ2) is 7.30. The number of benzene rings is 1. The smallest absolute Gasteiger partial charge is 0.253 e. The van der Waals surface area contributed by atoms with E-state index in [1.165, 1.54) is 0 Å². The van der Waals surface area contributed by atoms with E-state index in [1.54, 1.807) is 6.20 Å². The first-order chi connectivity index (χ1) is 12.7. The third-order valence-corrected chi connectivity index (χ3v) is 4.76. The van der Waals surface area contributed by atoms with Crippen LogP contribution in [0.25, 0.3) is 11.0 Å². The van der Waals surface area contributed by atoms with E-state index in [4.69, 9.17) is 9.15 Å². The summed E-state index contributed by atoms with van der Waals surface area (Å²) in [5.74, 6) is 0.909. The molecule has 3 heterocycles. The highest BCUT2D eigenvalue weighted by atomic mass is 16.5. The molecule has 0 spiro atoms. The summed E-state index contributed by atoms with van der Waals surface area (Å²) in [6.45, 7) is 3.84. The number of fused-ring (bicyclic) bond motifs is 1. The van der Waals surface area contributed by atoms with E-state index in [-0.39, 0.29) is 12.0 Å². The van der Waals surface area contributed by atoms with Gasteiger partial charge < -0.3 is 14.1 Å². The first-order valence-corrected chi connectivity index (χ1v) is 8.99. The fourth-order valence-corrected chi connectivity index (χ4v) is 3.45. The molecule has 0 aliphatic carbocycles. The molecule has 1 fully saturated rings. The van der Waals surface area contributed by atoms with E-state index in [2.05, 4.69) is 4.98 Å². The first kappa shape index (κ1) is 16.8. The average molecular weight is 350 g/mol. The molecular weight excluding hydrogens is 328 g/mol. The van der Waals surface area contributed by atoms with Crippen LogP contribution < -0.4 is 0 Å². The fraction of sp³-hybridized carbons (Fsp3) is 0.333. The molecule has 0 N–H and O–H groups in total. The monoisotopic (exact) mass is 350 g/mol. The highest BCUT2D eigenvalue weighted by Crippen LogP contribution is 2.22. The lowest BCUT2D eigenvalue weighted by Crippen LogP contribution is -2.43. The quantitative estimate of drug-likeness (QED) is 0.715. The third-order valence-electron chi connectivity index (χ3n) is 4.76. The molecule has 3 aromatic rings. The van der Waals surface area contributed by atoms with Gasteiger partial charge in [0.2, 0.25) is 0 Å². The molecule has 0 saturated carbocycles. The Morgan fingerprint density at radius 3 is 3.12 bits per heavy atom. The summed E-state index contributed by atoms with van der Waals surface area (Å²) in [7, 11) is 0. The fourth-order valence-electron chi connectivity index (χ4n) is 3.45. The molecule has 1 atom stereocenters. The predicted octanol–water partition coefficient (Wildman–Crippen LogP) is 3.96. The molecule has 5 nitrogen and oxygen atoms in total. The van der Waals surface area contributed by atoms with Crippen LogP contribution in [0.15, 0.2) is 53.2 Å². The summed E-state index contributed by atoms with van der Waals surface area (Å²) in [6, 6.07) is 11.5. The lowest BCUT2D eigenvalue weighted by Gasteiger charge is -2.32. The number of rotatable bonds is 4. The van der Waals surface area contributed by atoms with Gasteiger partial charge >= 0.3 is 0 Å². The first-order valence-electron chi connectivity index (χ1n) is 8.99. The Balaban J connectivity index is 1.41. The Hall–Kier alpha value is -2.66. The van der Waals surface area contributed by atoms with Crippen molar-refractivity contribution in [3.8, 4) is 0 Å². The summed E-state index contributed by atoms with van der Waals surface area (Å²) < 4.78 is 11.6. The Morgan fingerprint density at radius 2 is 2.27 bits per heavy atom. The highest BCUT2D eigenvalue weighted by molar-refractivity contribution is 5.97. The van der Waals surface area contributed by atoms with Crippen molar-refractivity contribution in [2.24, 2.45) is 0 Å². The molecule has 1 aliphatic rings. The van der Waals surface area contributed by atoms with Crippen molar-refractivity contribution in [1.82, 2.24) is 9.88 Å². The molecule has 0 bridgehead atoms. The number of carbonyl (C=O) groups is 1. The summed E-state index contributed by atoms with van der Waals surface area (Å²) in [5.41, 5.74) is 2.57. The minimum atomic E-state index is 0.0560. The third kappa shape index (κ3) is 3.63. The van der Waals surface area contributed by atoms with Gasteiger partial charge in [0.1, 0.15) is 11.3 Å². The van der Waals surface area contributed by atoms with E-state index in [0.29, 0.717) is 18.7 Å². The van der Waals surface area contributed by atoms with Crippen LogP contribution in [0.1, 0.15) is 34.5 Å². The van der Waals surface area contributed by atoms with Gasteiger partial charge in [-0.05, 0) is 55.7 Å². The van der Waals surface area contributed by atoms with Gasteiger partial charge in [0, 0.05) is 36.4 Å². The van der Waals surface area contributed by atoms with Gasteiger partial charge in [-0.15, -0.1) is 0 Å². The summed E-state index contributed by atoms with van der Waals surface area (Å²) >= 11 is 0. The number of hydrogen-bond acceptors (Lipinski definition) is 4. The van der Waals surface area contributed by atoms with Crippen molar-refractivity contribution in [3.63, 3.8) is 0 Å². The number of aromatic nitrogens is 1. The van der Waals surface area contributed by atoms with Gasteiger partial charge in [-0.1, -0.05) is 6.07 Å². The molecule has 5 heteroatoms. The number of likely N-dealkylation sites (tertiary alicyclic amines) is 1. The minimum absolute atomic E-state index is 0.0560. The summed E-state index contributed by atoms with van der Waals surface area (Å²) in [4.78, 5) is 18.9. The number of hydrogen-bond donors (Lipinski definition) is 0. The number of piperidine rings is 1. The maximum Gasteiger partial charge on any atom is 0.253 e. The molecule has 1 aliphatic heterocycles. The number of aryl methyl sites for hydroxylation is 1. The maximum atomic E-state index is 12.9. The standard InChI is InChI=1S/C21H22N2O3/c1-15-10-18-11-17(6-7-20(18)26-15)21(24)23-9-3-5-19(13-23)25-14-16-4-2-8-22-12-16/h2,4,6-8,10-12,19H,3,5,9,13-14H2,1H3/t19-/m0/s1. The van der Waals surface area contributed by atoms with Crippen LogP contribution in [0.5, 0.6) is 0 Å². The zero-order chi connectivity index (χ0) is 17.9. The van der Waals surface area contributed by atoms with E-state index < -0.39 is 0 Å². The van der Waals surface area contributed by atoms with Crippen molar-refractivity contribution in [1.29, 1.82) is 0 Å². The number of amides is 1. The van der Waals surface area contributed by atoms with Gasteiger partial charge in [0.25, 0.3) is 5.91 Å². The largest absolute Gasteiger partial charge is 0.461 e. The molecule has 0 unspecified atom stereocenters. The van der Waals surface area contributed by atoms with Crippen LogP contribution >= 0.6 is 0 Å². The van der Waals surface area contributed by atoms with Crippen LogP contribution in [-0.2, 0) is 11.3 Å². The lowest BCUT2D eigenvalue weighted by molar-refractivity contribution is -0.00680. The zero-order valence-corrected chi connectivity index (χ0v) is 14.9. The highest BCUT2D eigenvalue weighted by Gasteiger charge is 2.25. The van der Waals surface area contributed by atoms with Gasteiger partial charge in [0.15, 0.2) is 0 Å². The second-order valence-corrected chi connectivity index (χ2v) is 6.80. The molecule has 26 heavy (non-hydrogen) atoms. The van der Waals surface area contributed by atoms with E-state index in [0.717, 1.165) is 41.7 Å². The number of pyridine rings is 1. The molecule has 0 radical (unpaired) electrons. The Labute approximate surface area is 152 Å². The number of carbonyl (C=O) groups excluding carboxylic acids is 1. The van der Waals surface area contributed by atoms with E-state index in [1.807, 2.05) is 54.4 Å². The maximum absolute atomic E-state index is 12.9. The van der Waals surface area contributed by atoms with Crippen LogP contribution in [0.2, 0.25) is 0 Å². The van der Waals surface area contributed by atoms with Gasteiger partial charge in [-0.25, -0.2) is 0 Å². The molecule has 4 rings (SSSR count). The zero-order valence-electron chi connectivity index (χ0n) is 14.9. The van der Waals surface area contributed by atoms with Crippen LogP contribution in [-0.4, -0.2) is 35.0 Å². The van der Waals surface area contributed by atoms with Crippen LogP contribution in [0.4, 0.5) is 0 Å². The van der Waals surface area contributed by atoms with Gasteiger partial charge in [-0.2, -0.15) is 0 Å².